The van der Waals surface area contributed by atoms with E-state index in [-0.39, 0.29) is 24.4 Å². The van der Waals surface area contributed by atoms with Gasteiger partial charge in [-0.1, -0.05) is 6.08 Å². The summed E-state index contributed by atoms with van der Waals surface area (Å²) in [5.74, 6) is 0.302. The van der Waals surface area contributed by atoms with Crippen molar-refractivity contribution in [3.8, 4) is 0 Å². The largest absolute Gasteiger partial charge is 0.365 e. The first-order valence-electron chi connectivity index (χ1n) is 11.5. The van der Waals surface area contributed by atoms with E-state index in [0.29, 0.717) is 48.7 Å². The van der Waals surface area contributed by atoms with Gasteiger partial charge in [-0.2, -0.15) is 13.5 Å². The van der Waals surface area contributed by atoms with E-state index in [4.69, 9.17) is 14.1 Å². The molecule has 11 nitrogen and oxygen atoms in total. The number of anilines is 1. The molecule has 2 atom stereocenters. The molecule has 1 unspecified atom stereocenters. The zero-order valence-corrected chi connectivity index (χ0v) is 21.2. The normalized spacial score (nSPS) is 20.0. The molecule has 1 aliphatic heterocycles. The second-order valence-corrected chi connectivity index (χ2v) is 10.9. The lowest BCUT2D eigenvalue weighted by atomic mass is 9.93. The van der Waals surface area contributed by atoms with Crippen LogP contribution < -0.4 is 10.5 Å². The van der Waals surface area contributed by atoms with E-state index < -0.39 is 10.3 Å². The Morgan fingerprint density at radius 1 is 1.39 bits per heavy atom. The van der Waals surface area contributed by atoms with Crippen molar-refractivity contribution >= 4 is 33.2 Å². The summed E-state index contributed by atoms with van der Waals surface area (Å²) >= 11 is 1.36. The summed E-state index contributed by atoms with van der Waals surface area (Å²) in [6, 6.07) is 1.87. The van der Waals surface area contributed by atoms with Crippen molar-refractivity contribution in [3.05, 3.63) is 69.2 Å². The zero-order valence-electron chi connectivity index (χ0n) is 19.6. The first kappa shape index (κ1) is 24.7. The van der Waals surface area contributed by atoms with E-state index in [1.54, 1.807) is 0 Å². The van der Waals surface area contributed by atoms with Crippen molar-refractivity contribution in [3.63, 3.8) is 0 Å². The number of allylic oxidation sites excluding steroid dienone is 2. The fraction of sp³-hybridized carbons (Fsp3) is 0.391. The number of hydrogen-bond donors (Lipinski definition) is 2. The Labute approximate surface area is 212 Å². The Kier molecular flexibility index (Phi) is 6.99. The predicted molar refractivity (Wildman–Crippen MR) is 133 cm³/mol. The molecule has 0 spiro atoms. The van der Waals surface area contributed by atoms with Crippen molar-refractivity contribution < 1.29 is 22.1 Å². The van der Waals surface area contributed by atoms with Gasteiger partial charge in [-0.3, -0.25) is 13.7 Å². The minimum absolute atomic E-state index is 0.0472. The molecule has 0 amide bonds. The highest BCUT2D eigenvalue weighted by molar-refractivity contribution is 7.84. The van der Waals surface area contributed by atoms with Gasteiger partial charge < -0.3 is 10.1 Å². The van der Waals surface area contributed by atoms with Gasteiger partial charge in [0.2, 0.25) is 5.78 Å². The van der Waals surface area contributed by atoms with Gasteiger partial charge in [-0.25, -0.2) is 15.1 Å². The average Bonchev–Trinajstić information content (AvgIpc) is 3.51. The molecule has 0 fully saturated rings. The number of carbonyl (C=O) groups excluding carboxylic acids is 1. The highest BCUT2D eigenvalue weighted by atomic mass is 32.2. The van der Waals surface area contributed by atoms with Gasteiger partial charge in [0.05, 0.1) is 42.1 Å². The molecular weight excluding hydrogens is 504 g/mol. The van der Waals surface area contributed by atoms with Crippen LogP contribution in [0.2, 0.25) is 0 Å². The lowest BCUT2D eigenvalue weighted by Gasteiger charge is -2.24. The van der Waals surface area contributed by atoms with Crippen LogP contribution in [0, 0.1) is 12.8 Å². The smallest absolute Gasteiger partial charge is 0.333 e. The average molecular weight is 531 g/mol. The van der Waals surface area contributed by atoms with Crippen LogP contribution in [-0.2, 0) is 25.8 Å². The minimum atomic E-state index is -3.95. The molecule has 5 rings (SSSR count). The monoisotopic (exact) mass is 530 g/mol. The second-order valence-electron chi connectivity index (χ2n) is 8.82. The first-order valence-corrected chi connectivity index (χ1v) is 13.8. The standard InChI is InChI=1S/C23H26N6O5S2/c1-14-9-27-29-6-7-33-22(20(14)29)16-8-19(35-12-16)21(30)18-10-25-13-26-23(18)28-17-4-2-15(3-5-17)11-34-36(24,31)32/h4,8-10,12-13,15,22H,2-3,5-7,11H2,1H3,(H2,24,31,32)(H,25,26,28)/t15-,22?/m1/s1. The fourth-order valence-electron chi connectivity index (χ4n) is 4.43. The highest BCUT2D eigenvalue weighted by Gasteiger charge is 2.28. The van der Waals surface area contributed by atoms with Crippen LogP contribution >= 0.6 is 11.3 Å². The third kappa shape index (κ3) is 5.39. The summed E-state index contributed by atoms with van der Waals surface area (Å²) < 4.78 is 34.7. The number of nitrogens with two attached hydrogens (primary N) is 1. The van der Waals surface area contributed by atoms with Crippen LogP contribution in [0.1, 0.15) is 57.4 Å². The molecule has 1 aliphatic carbocycles. The van der Waals surface area contributed by atoms with Gasteiger partial charge in [0.15, 0.2) is 0 Å². The molecule has 0 bridgehead atoms. The van der Waals surface area contributed by atoms with Crippen LogP contribution in [0.15, 0.2) is 41.9 Å². The maximum atomic E-state index is 13.4. The molecule has 3 aromatic rings. The maximum Gasteiger partial charge on any atom is 0.333 e. The van der Waals surface area contributed by atoms with E-state index in [2.05, 4.69) is 20.4 Å². The molecule has 13 heteroatoms. The lowest BCUT2D eigenvalue weighted by Crippen LogP contribution is -2.23. The van der Waals surface area contributed by atoms with Gasteiger partial charge in [-0.05, 0) is 54.7 Å². The number of ketones is 1. The maximum absolute atomic E-state index is 13.4. The SMILES string of the molecule is Cc1cnn2c1C(c1csc(C(=O)c3cncnc3NC3=CC[C@@H](COS(N)(=O)=O)CC3)c1)OCC2. The van der Waals surface area contributed by atoms with E-state index >= 15 is 0 Å². The van der Waals surface area contributed by atoms with Crippen LogP contribution in [0.4, 0.5) is 5.82 Å². The predicted octanol–water partition coefficient (Wildman–Crippen LogP) is 2.71. The molecule has 3 aromatic heterocycles. The Morgan fingerprint density at radius 3 is 3.03 bits per heavy atom. The van der Waals surface area contributed by atoms with Crippen LogP contribution in [0.25, 0.3) is 0 Å². The summed E-state index contributed by atoms with van der Waals surface area (Å²) in [4.78, 5) is 22.4. The van der Waals surface area contributed by atoms with Crippen molar-refractivity contribution in [2.75, 3.05) is 18.5 Å². The summed E-state index contributed by atoms with van der Waals surface area (Å²) in [5.41, 5.74) is 4.27. The number of fused-ring (bicyclic) bond motifs is 1. The quantitative estimate of drug-likeness (QED) is 0.419. The summed E-state index contributed by atoms with van der Waals surface area (Å²) in [5, 5.41) is 14.5. The van der Waals surface area contributed by atoms with Crippen LogP contribution in [0.5, 0.6) is 0 Å². The number of aryl methyl sites for hydroxylation is 1. The number of thiophene rings is 1. The first-order chi connectivity index (χ1) is 17.3. The molecule has 2 aliphatic rings. The molecule has 0 aromatic carbocycles. The summed E-state index contributed by atoms with van der Waals surface area (Å²) in [6.07, 6.45) is 8.44. The molecule has 3 N–H and O–H groups in total. The zero-order chi connectivity index (χ0) is 25.3. The molecule has 0 radical (unpaired) electrons. The number of hydrogen-bond acceptors (Lipinski definition) is 10. The van der Waals surface area contributed by atoms with E-state index in [0.717, 1.165) is 22.5 Å². The second kappa shape index (κ2) is 10.2. The molecule has 190 valence electrons. The number of rotatable bonds is 8. The van der Waals surface area contributed by atoms with Crippen molar-refractivity contribution in [1.29, 1.82) is 0 Å². The lowest BCUT2D eigenvalue weighted by molar-refractivity contribution is 0.0420. The van der Waals surface area contributed by atoms with Crippen molar-refractivity contribution in [1.82, 2.24) is 19.7 Å². The Balaban J connectivity index is 1.30. The fourth-order valence-corrected chi connectivity index (χ4v) is 5.69. The van der Waals surface area contributed by atoms with Gasteiger partial charge in [-0.15, -0.1) is 11.3 Å². The topological polar surface area (TPSA) is 151 Å². The molecule has 0 saturated heterocycles. The summed E-state index contributed by atoms with van der Waals surface area (Å²) in [6.45, 7) is 3.32. The number of aromatic nitrogens is 4. The van der Waals surface area contributed by atoms with Gasteiger partial charge in [0.1, 0.15) is 18.2 Å². The van der Waals surface area contributed by atoms with Crippen molar-refractivity contribution in [2.45, 2.75) is 38.8 Å². The summed E-state index contributed by atoms with van der Waals surface area (Å²) in [7, 11) is -3.95. The Bertz CT molecular complexity index is 1410. The Morgan fingerprint density at radius 2 is 2.25 bits per heavy atom. The van der Waals surface area contributed by atoms with Crippen molar-refractivity contribution in [2.24, 2.45) is 11.1 Å². The van der Waals surface area contributed by atoms with E-state index in [9.17, 15) is 13.2 Å². The molecule has 0 saturated carbocycles. The number of nitrogens with one attached hydrogen (secondary N) is 1. The third-order valence-corrected chi connectivity index (χ3v) is 7.69. The van der Waals surface area contributed by atoms with E-state index in [1.165, 1.54) is 23.9 Å². The Hall–Kier alpha value is -2.97. The number of carbonyl (C=O) groups is 1. The van der Waals surface area contributed by atoms with Crippen LogP contribution in [-0.4, -0.2) is 47.2 Å². The molecular formula is C23H26N6O5S2. The van der Waals surface area contributed by atoms with Crippen LogP contribution in [0.3, 0.4) is 0 Å². The van der Waals surface area contributed by atoms with Gasteiger partial charge in [0.25, 0.3) is 0 Å². The third-order valence-electron chi connectivity index (χ3n) is 6.28. The van der Waals surface area contributed by atoms with Gasteiger partial charge >= 0.3 is 10.3 Å². The minimum Gasteiger partial charge on any atom is -0.365 e. The highest BCUT2D eigenvalue weighted by Crippen LogP contribution is 2.35. The number of nitrogens with zero attached hydrogens (tertiary/aromatic N) is 4. The number of ether oxygens (including phenoxy) is 1. The molecule has 36 heavy (non-hydrogen) atoms. The van der Waals surface area contributed by atoms with Gasteiger partial charge in [0, 0.05) is 11.9 Å². The van der Waals surface area contributed by atoms with E-state index in [1.807, 2.05) is 35.3 Å². The molecule has 4 heterocycles.